The molecule has 16 heavy (non-hydrogen) atoms. The summed E-state index contributed by atoms with van der Waals surface area (Å²) in [5, 5.41) is 10.0. The topological polar surface area (TPSA) is 55.5 Å². The number of hydrogen-bond acceptors (Lipinski definition) is 3. The molecule has 0 aliphatic heterocycles. The number of methoxy groups -OCH3 is 1. The van der Waals surface area contributed by atoms with Crippen molar-refractivity contribution >= 4 is 0 Å². The summed E-state index contributed by atoms with van der Waals surface area (Å²) in [6.45, 7) is 2.25. The van der Waals surface area contributed by atoms with E-state index in [1.807, 2.05) is 0 Å². The van der Waals surface area contributed by atoms with Crippen LogP contribution in [0.15, 0.2) is 6.07 Å². The third-order valence-electron chi connectivity index (χ3n) is 3.39. The van der Waals surface area contributed by atoms with Crippen molar-refractivity contribution < 1.29 is 14.2 Å². The lowest BCUT2D eigenvalue weighted by Gasteiger charge is -2.19. The molecule has 0 bridgehead atoms. The van der Waals surface area contributed by atoms with E-state index >= 15 is 0 Å². The van der Waals surface area contributed by atoms with Crippen molar-refractivity contribution in [1.29, 1.82) is 0 Å². The summed E-state index contributed by atoms with van der Waals surface area (Å²) in [6.07, 6.45) is 1.87. The first-order chi connectivity index (χ1) is 7.55. The Balaban J connectivity index is 2.61. The average molecular weight is 225 g/mol. The highest BCUT2D eigenvalue weighted by Gasteiger charge is 2.46. The zero-order valence-electron chi connectivity index (χ0n) is 9.51. The van der Waals surface area contributed by atoms with Crippen LogP contribution in [0.3, 0.4) is 0 Å². The largest absolute Gasteiger partial charge is 0.504 e. The monoisotopic (exact) mass is 225 g/mol. The van der Waals surface area contributed by atoms with E-state index in [0.29, 0.717) is 6.54 Å². The molecule has 3 N–H and O–H groups in total. The zero-order valence-corrected chi connectivity index (χ0v) is 9.51. The Morgan fingerprint density at radius 3 is 2.62 bits per heavy atom. The van der Waals surface area contributed by atoms with E-state index in [1.54, 1.807) is 6.92 Å². The Hall–Kier alpha value is -1.29. The second kappa shape index (κ2) is 3.63. The number of phenols is 1. The van der Waals surface area contributed by atoms with Crippen LogP contribution in [0, 0.1) is 12.7 Å². The van der Waals surface area contributed by atoms with Gasteiger partial charge in [0.15, 0.2) is 17.3 Å². The number of aromatic hydroxyl groups is 1. The predicted molar refractivity (Wildman–Crippen MR) is 59.3 cm³/mol. The van der Waals surface area contributed by atoms with Gasteiger partial charge in [-0.1, -0.05) is 0 Å². The average Bonchev–Trinajstić information content (AvgIpc) is 2.98. The summed E-state index contributed by atoms with van der Waals surface area (Å²) in [6, 6.07) is 1.39. The maximum absolute atomic E-state index is 13.5. The molecule has 0 radical (unpaired) electrons. The van der Waals surface area contributed by atoms with Gasteiger partial charge in [0.1, 0.15) is 0 Å². The number of halogens is 1. The van der Waals surface area contributed by atoms with Crippen molar-refractivity contribution in [3.63, 3.8) is 0 Å². The van der Waals surface area contributed by atoms with Crippen molar-refractivity contribution in [1.82, 2.24) is 0 Å². The van der Waals surface area contributed by atoms with E-state index in [2.05, 4.69) is 0 Å². The van der Waals surface area contributed by atoms with Crippen LogP contribution in [-0.2, 0) is 5.41 Å². The van der Waals surface area contributed by atoms with Gasteiger partial charge in [-0.2, -0.15) is 0 Å². The van der Waals surface area contributed by atoms with Gasteiger partial charge in [-0.3, -0.25) is 0 Å². The van der Waals surface area contributed by atoms with E-state index in [1.165, 1.54) is 13.2 Å². The zero-order chi connectivity index (χ0) is 11.9. The number of aryl methyl sites for hydroxylation is 1. The van der Waals surface area contributed by atoms with Crippen LogP contribution in [0.1, 0.15) is 24.0 Å². The molecule has 1 aromatic carbocycles. The van der Waals surface area contributed by atoms with Crippen molar-refractivity contribution in [2.24, 2.45) is 5.73 Å². The van der Waals surface area contributed by atoms with Crippen LogP contribution in [-0.4, -0.2) is 18.8 Å². The molecule has 0 spiro atoms. The molecule has 2 rings (SSSR count). The SMILES string of the molecule is COc1c(F)cc(C)c(C2(CN)CC2)c1O. The molecular formula is C12H16FNO2. The van der Waals surface area contributed by atoms with Gasteiger partial charge >= 0.3 is 0 Å². The Morgan fingerprint density at radius 2 is 2.19 bits per heavy atom. The highest BCUT2D eigenvalue weighted by molar-refractivity contribution is 5.56. The van der Waals surface area contributed by atoms with Gasteiger partial charge in [0, 0.05) is 17.5 Å². The normalized spacial score (nSPS) is 17.2. The van der Waals surface area contributed by atoms with E-state index in [4.69, 9.17) is 10.5 Å². The van der Waals surface area contributed by atoms with Crippen LogP contribution in [0.2, 0.25) is 0 Å². The third-order valence-corrected chi connectivity index (χ3v) is 3.39. The first-order valence-electron chi connectivity index (χ1n) is 5.32. The summed E-state index contributed by atoms with van der Waals surface area (Å²) in [5.74, 6) is -0.711. The molecule has 1 aliphatic carbocycles. The van der Waals surface area contributed by atoms with E-state index in [-0.39, 0.29) is 16.9 Å². The van der Waals surface area contributed by atoms with E-state index in [9.17, 15) is 9.50 Å². The highest BCUT2D eigenvalue weighted by atomic mass is 19.1. The van der Waals surface area contributed by atoms with Crippen molar-refractivity contribution in [2.75, 3.05) is 13.7 Å². The Bertz CT molecular complexity index is 428. The minimum Gasteiger partial charge on any atom is -0.504 e. The first kappa shape index (κ1) is 11.2. The molecule has 1 saturated carbocycles. The minimum atomic E-state index is -0.533. The molecule has 3 nitrogen and oxygen atoms in total. The molecule has 1 aromatic rings. The molecule has 0 atom stereocenters. The number of phenolic OH excluding ortho intramolecular Hbond substituents is 1. The van der Waals surface area contributed by atoms with E-state index in [0.717, 1.165) is 24.0 Å². The third kappa shape index (κ3) is 1.45. The van der Waals surface area contributed by atoms with Crippen LogP contribution < -0.4 is 10.5 Å². The lowest BCUT2D eigenvalue weighted by atomic mass is 9.90. The summed E-state index contributed by atoms with van der Waals surface area (Å²) >= 11 is 0. The summed E-state index contributed by atoms with van der Waals surface area (Å²) < 4.78 is 18.4. The molecule has 4 heteroatoms. The van der Waals surface area contributed by atoms with Crippen molar-refractivity contribution in [3.05, 3.63) is 23.0 Å². The van der Waals surface area contributed by atoms with Gasteiger partial charge in [-0.25, -0.2) is 4.39 Å². The second-order valence-corrected chi connectivity index (χ2v) is 4.42. The highest BCUT2D eigenvalue weighted by Crippen LogP contribution is 2.53. The fourth-order valence-corrected chi connectivity index (χ4v) is 2.31. The molecular weight excluding hydrogens is 209 g/mol. The lowest BCUT2D eigenvalue weighted by molar-refractivity contribution is 0.345. The number of ether oxygens (including phenoxy) is 1. The van der Waals surface area contributed by atoms with Gasteiger partial charge in [-0.15, -0.1) is 0 Å². The van der Waals surface area contributed by atoms with Crippen LogP contribution >= 0.6 is 0 Å². The quantitative estimate of drug-likeness (QED) is 0.825. The fourth-order valence-electron chi connectivity index (χ4n) is 2.31. The summed E-state index contributed by atoms with van der Waals surface area (Å²) in [5.41, 5.74) is 7.03. The predicted octanol–water partition coefficient (Wildman–Crippen LogP) is 1.84. The van der Waals surface area contributed by atoms with Gasteiger partial charge in [0.25, 0.3) is 0 Å². The number of hydrogen-bond donors (Lipinski definition) is 2. The molecule has 1 aliphatic rings. The molecule has 0 unspecified atom stereocenters. The molecule has 1 fully saturated rings. The van der Waals surface area contributed by atoms with Gasteiger partial charge in [-0.05, 0) is 31.4 Å². The number of rotatable bonds is 3. The van der Waals surface area contributed by atoms with E-state index < -0.39 is 5.82 Å². The van der Waals surface area contributed by atoms with Gasteiger partial charge in [0.05, 0.1) is 7.11 Å². The Labute approximate surface area is 94.0 Å². The number of benzene rings is 1. The molecule has 0 heterocycles. The van der Waals surface area contributed by atoms with Crippen LogP contribution in [0.4, 0.5) is 4.39 Å². The van der Waals surface area contributed by atoms with Crippen molar-refractivity contribution in [3.8, 4) is 11.5 Å². The second-order valence-electron chi connectivity index (χ2n) is 4.42. The van der Waals surface area contributed by atoms with Gasteiger partial charge in [0.2, 0.25) is 0 Å². The van der Waals surface area contributed by atoms with Crippen molar-refractivity contribution in [2.45, 2.75) is 25.2 Å². The Morgan fingerprint density at radius 1 is 1.56 bits per heavy atom. The standard InChI is InChI=1S/C12H16FNO2/c1-7-5-8(13)11(16-2)10(15)9(7)12(6-14)3-4-12/h5,15H,3-4,6,14H2,1-2H3. The summed E-state index contributed by atoms with van der Waals surface area (Å²) in [7, 11) is 1.35. The van der Waals surface area contributed by atoms with Crippen LogP contribution in [0.25, 0.3) is 0 Å². The summed E-state index contributed by atoms with van der Waals surface area (Å²) in [4.78, 5) is 0. The lowest BCUT2D eigenvalue weighted by Crippen LogP contribution is -2.21. The molecule has 0 amide bonds. The smallest absolute Gasteiger partial charge is 0.196 e. The maximum Gasteiger partial charge on any atom is 0.196 e. The molecule has 88 valence electrons. The van der Waals surface area contributed by atoms with Crippen LogP contribution in [0.5, 0.6) is 11.5 Å². The molecule has 0 saturated heterocycles. The molecule has 0 aromatic heterocycles. The van der Waals surface area contributed by atoms with Gasteiger partial charge < -0.3 is 15.6 Å². The first-order valence-corrected chi connectivity index (χ1v) is 5.32. The fraction of sp³-hybridized carbons (Fsp3) is 0.500. The maximum atomic E-state index is 13.5. The minimum absolute atomic E-state index is 0.0830. The number of nitrogens with two attached hydrogens (primary N) is 1. The Kier molecular flexibility index (Phi) is 2.54.